The summed E-state index contributed by atoms with van der Waals surface area (Å²) in [5.41, 5.74) is 2.15. The van der Waals surface area contributed by atoms with Gasteiger partial charge < -0.3 is 57.2 Å². The Kier molecular flexibility index (Phi) is 31.4. The lowest BCUT2D eigenvalue weighted by Gasteiger charge is -2.18. The summed E-state index contributed by atoms with van der Waals surface area (Å²) in [6.45, 7) is 0.178. The van der Waals surface area contributed by atoms with Gasteiger partial charge in [0.25, 0.3) is 0 Å². The maximum atomic E-state index is 12.6. The van der Waals surface area contributed by atoms with Gasteiger partial charge in [-0.15, -0.1) is 0 Å². The van der Waals surface area contributed by atoms with Gasteiger partial charge in [-0.05, 0) is 57.8 Å². The van der Waals surface area contributed by atoms with Crippen molar-refractivity contribution in [3.05, 3.63) is 0 Å². The van der Waals surface area contributed by atoms with E-state index in [4.69, 9.17) is 16.1 Å². The second kappa shape index (κ2) is 34.6. The fourth-order valence-corrected chi connectivity index (χ4v) is 6.24. The quantitative estimate of drug-likeness (QED) is 0.0224. The average Bonchev–Trinajstić information content (AvgIpc) is 3.21. The smallest absolute Gasteiger partial charge is 0.326 e. The Balaban J connectivity index is 4.68. The number of nitrogens with two attached hydrogens (primary N) is 1. The lowest BCUT2D eigenvalue weighted by atomic mass is 10.0. The van der Waals surface area contributed by atoms with E-state index in [1.165, 1.54) is 0 Å². The largest absolute Gasteiger partial charge is 0.481 e. The van der Waals surface area contributed by atoms with Crippen molar-refractivity contribution in [2.24, 2.45) is 5.84 Å². The zero-order valence-corrected chi connectivity index (χ0v) is 36.1. The lowest BCUT2D eigenvalue weighted by molar-refractivity contribution is -0.144. The first-order valence-corrected chi connectivity index (χ1v) is 21.5. The van der Waals surface area contributed by atoms with Gasteiger partial charge in [-0.3, -0.25) is 39.4 Å². The predicted octanol–water partition coefficient (Wildman–Crippen LogP) is 0.354. The maximum absolute atomic E-state index is 12.6. The molecule has 0 spiro atoms. The molecule has 0 radical (unpaired) electrons. The van der Waals surface area contributed by atoms with Gasteiger partial charge in [0.1, 0.15) is 30.2 Å². The molecule has 14 N–H and O–H groups in total. The number of unbranched alkanes of at least 4 members (excludes halogenated alkanes) is 10. The minimum atomic E-state index is -1.65. The summed E-state index contributed by atoms with van der Waals surface area (Å²) in [7, 11) is 0. The van der Waals surface area contributed by atoms with Crippen LogP contribution in [0.5, 0.6) is 0 Å². The summed E-state index contributed by atoms with van der Waals surface area (Å²) in [4.78, 5) is 131. The van der Waals surface area contributed by atoms with Crippen molar-refractivity contribution in [2.45, 2.75) is 178 Å². The topological polar surface area (TPSA) is 407 Å². The molecule has 0 heterocycles. The second-order valence-corrected chi connectivity index (χ2v) is 15.3. The van der Waals surface area contributed by atoms with E-state index in [-0.39, 0.29) is 45.1 Å². The molecule has 0 aliphatic heterocycles. The van der Waals surface area contributed by atoms with Crippen molar-refractivity contribution < 1.29 is 83.4 Å². The Morgan fingerprint density at radius 2 is 0.625 bits per heavy atom. The van der Waals surface area contributed by atoms with E-state index < -0.39 is 128 Å². The van der Waals surface area contributed by atoms with Crippen LogP contribution >= 0.6 is 0 Å². The number of amides is 5. The second-order valence-electron chi connectivity index (χ2n) is 15.3. The Morgan fingerprint density at radius 3 is 0.938 bits per heavy atom. The summed E-state index contributed by atoms with van der Waals surface area (Å²) >= 11 is 0. The molecule has 0 aromatic carbocycles. The van der Waals surface area contributed by atoms with Crippen LogP contribution < -0.4 is 37.9 Å². The Bertz CT molecular complexity index is 1550. The molecule has 0 unspecified atom stereocenters. The number of nitrogens with one attached hydrogen (secondary N) is 6. The molecule has 24 heteroatoms. The van der Waals surface area contributed by atoms with Crippen LogP contribution in [0.4, 0.5) is 0 Å². The standard InChI is InChI=1S/C40H67N7O17/c41-47-29(40(63)64)13-11-12-24-42-30(48)20-16-25(36(55)56)44-32(50)22-18-27(38(59)60)46-34(52)23-19-28(39(61)62)45-33(51)21-17-26(37(57)58)43-31(49)14-9-7-5-3-1-2-4-6-8-10-15-35(53)54/h25-29,47H,1-24,41H2,(H,42,48)(H,43,49)(H,44,50)(H,45,51)(H,46,52)(H,53,54)(H,55,56)(H,57,58)(H,59,60)(H,61,62)(H,63,64)/t25-,26-,27-,28-,29-/m0/s1. The molecule has 0 aliphatic rings. The van der Waals surface area contributed by atoms with Crippen LogP contribution in [0.2, 0.25) is 0 Å². The molecule has 0 rings (SSSR count). The number of carbonyl (C=O) groups excluding carboxylic acids is 5. The molecular weight excluding hydrogens is 850 g/mol. The average molecular weight is 918 g/mol. The van der Waals surface area contributed by atoms with E-state index in [2.05, 4.69) is 32.0 Å². The first-order chi connectivity index (χ1) is 30.3. The summed E-state index contributed by atoms with van der Waals surface area (Å²) in [5, 5.41) is 67.2. The molecule has 5 amide bonds. The molecule has 0 aromatic heterocycles. The van der Waals surface area contributed by atoms with E-state index >= 15 is 0 Å². The number of carboxylic acids is 6. The number of aliphatic carboxylic acids is 6. The number of hydrogen-bond donors (Lipinski definition) is 13. The van der Waals surface area contributed by atoms with Crippen molar-refractivity contribution in [2.75, 3.05) is 6.54 Å². The van der Waals surface area contributed by atoms with Gasteiger partial charge in [0.15, 0.2) is 0 Å². The molecule has 5 atom stereocenters. The summed E-state index contributed by atoms with van der Waals surface area (Å²) < 4.78 is 0. The number of rotatable bonds is 40. The van der Waals surface area contributed by atoms with Gasteiger partial charge in [-0.25, -0.2) is 24.6 Å². The van der Waals surface area contributed by atoms with E-state index in [1.807, 2.05) is 0 Å². The molecule has 0 saturated heterocycles. The Labute approximate surface area is 370 Å². The third-order valence-electron chi connectivity index (χ3n) is 9.96. The minimum absolute atomic E-state index is 0.0733. The van der Waals surface area contributed by atoms with Crippen molar-refractivity contribution in [3.8, 4) is 0 Å². The Hall–Kier alpha value is -5.91. The number of hydrogen-bond acceptors (Lipinski definition) is 13. The van der Waals surface area contributed by atoms with Crippen LogP contribution in [0.3, 0.4) is 0 Å². The lowest BCUT2D eigenvalue weighted by Crippen LogP contribution is -2.45. The molecule has 364 valence electrons. The summed E-state index contributed by atoms with van der Waals surface area (Å²) in [5.74, 6) is -6.50. The van der Waals surface area contributed by atoms with Crippen molar-refractivity contribution in [1.82, 2.24) is 32.0 Å². The van der Waals surface area contributed by atoms with E-state index in [9.17, 15) is 73.2 Å². The molecular formula is C40H67N7O17. The molecule has 64 heavy (non-hydrogen) atoms. The minimum Gasteiger partial charge on any atom is -0.481 e. The molecule has 0 aromatic rings. The van der Waals surface area contributed by atoms with Gasteiger partial charge in [0.05, 0.1) is 0 Å². The van der Waals surface area contributed by atoms with Crippen LogP contribution in [-0.4, -0.2) is 133 Å². The fourth-order valence-electron chi connectivity index (χ4n) is 6.24. The molecule has 24 nitrogen and oxygen atoms in total. The predicted molar refractivity (Wildman–Crippen MR) is 224 cm³/mol. The van der Waals surface area contributed by atoms with E-state index in [1.54, 1.807) is 0 Å². The van der Waals surface area contributed by atoms with Crippen LogP contribution in [0, 0.1) is 0 Å². The summed E-state index contributed by atoms with van der Waals surface area (Å²) in [6.07, 6.45) is 6.48. The Morgan fingerprint density at radius 1 is 0.328 bits per heavy atom. The first kappa shape index (κ1) is 58.1. The number of carbonyl (C=O) groups is 11. The molecule has 0 bridgehead atoms. The SMILES string of the molecule is NN[C@@H](CCCCNC(=O)CC[C@H](NC(=O)CC[C@H](NC(=O)CC[C@H](NC(=O)CC[C@H](NC(=O)CCCCCCCCCCCCC(=O)O)C(=O)O)C(=O)O)C(=O)O)C(=O)O)C(=O)O. The number of hydrazine groups is 1. The molecule has 0 fully saturated rings. The zero-order chi connectivity index (χ0) is 48.5. The van der Waals surface area contributed by atoms with Crippen LogP contribution in [-0.2, 0) is 52.7 Å². The highest BCUT2D eigenvalue weighted by Gasteiger charge is 2.27. The van der Waals surface area contributed by atoms with Gasteiger partial charge >= 0.3 is 35.8 Å². The molecule has 0 aliphatic carbocycles. The summed E-state index contributed by atoms with van der Waals surface area (Å²) in [6, 6.07) is -7.16. The highest BCUT2D eigenvalue weighted by molar-refractivity contribution is 5.88. The van der Waals surface area contributed by atoms with Crippen molar-refractivity contribution in [1.29, 1.82) is 0 Å². The third kappa shape index (κ3) is 30.2. The van der Waals surface area contributed by atoms with Crippen LogP contribution in [0.15, 0.2) is 0 Å². The van der Waals surface area contributed by atoms with Gasteiger partial charge in [0.2, 0.25) is 29.5 Å². The van der Waals surface area contributed by atoms with Gasteiger partial charge in [0, 0.05) is 45.1 Å². The normalized spacial score (nSPS) is 13.2. The van der Waals surface area contributed by atoms with Crippen molar-refractivity contribution >= 4 is 65.4 Å². The monoisotopic (exact) mass is 917 g/mol. The van der Waals surface area contributed by atoms with Crippen LogP contribution in [0.25, 0.3) is 0 Å². The van der Waals surface area contributed by atoms with E-state index in [0.29, 0.717) is 25.7 Å². The highest BCUT2D eigenvalue weighted by Crippen LogP contribution is 2.13. The zero-order valence-electron chi connectivity index (χ0n) is 36.1. The third-order valence-corrected chi connectivity index (χ3v) is 9.96. The van der Waals surface area contributed by atoms with Gasteiger partial charge in [-0.2, -0.15) is 0 Å². The first-order valence-electron chi connectivity index (χ1n) is 21.5. The molecule has 0 saturated carbocycles. The van der Waals surface area contributed by atoms with Gasteiger partial charge in [-0.1, -0.05) is 51.4 Å². The fraction of sp³-hybridized carbons (Fsp3) is 0.725. The maximum Gasteiger partial charge on any atom is 0.326 e. The van der Waals surface area contributed by atoms with E-state index in [0.717, 1.165) is 51.4 Å². The van der Waals surface area contributed by atoms with Crippen molar-refractivity contribution in [3.63, 3.8) is 0 Å². The number of carboxylic acid groups (broad SMARTS) is 6. The highest BCUT2D eigenvalue weighted by atomic mass is 16.4. The van der Waals surface area contributed by atoms with Crippen LogP contribution in [0.1, 0.15) is 148 Å².